The molecule has 1 aromatic carbocycles. The van der Waals surface area contributed by atoms with Gasteiger partial charge in [-0.3, -0.25) is 0 Å². The Labute approximate surface area is 99.8 Å². The Bertz CT molecular complexity index is 306. The van der Waals surface area contributed by atoms with Gasteiger partial charge < -0.3 is 4.74 Å². The smallest absolute Gasteiger partial charge is 0.122 e. The van der Waals surface area contributed by atoms with Gasteiger partial charge in [-0.05, 0) is 30.4 Å². The monoisotopic (exact) mass is 220 g/mol. The number of hydrogen-bond donors (Lipinski definition) is 0. The molecule has 16 heavy (non-hydrogen) atoms. The number of rotatable bonds is 2. The Hall–Kier alpha value is -0.980. The van der Waals surface area contributed by atoms with Crippen LogP contribution in [-0.4, -0.2) is 6.10 Å². The second-order valence-corrected chi connectivity index (χ2v) is 4.19. The van der Waals surface area contributed by atoms with Gasteiger partial charge in [-0.25, -0.2) is 0 Å². The molecule has 0 saturated heterocycles. The average Bonchev–Trinajstić information content (AvgIpc) is 2.39. The minimum absolute atomic E-state index is 0.426. The first-order valence-electron chi connectivity index (χ1n) is 6.56. The first kappa shape index (κ1) is 13.1. The van der Waals surface area contributed by atoms with E-state index >= 15 is 0 Å². The molecule has 0 radical (unpaired) electrons. The van der Waals surface area contributed by atoms with Crippen molar-refractivity contribution < 1.29 is 4.74 Å². The van der Waals surface area contributed by atoms with Crippen LogP contribution in [0.1, 0.15) is 46.1 Å². The lowest BCUT2D eigenvalue weighted by Crippen LogP contribution is -2.28. The van der Waals surface area contributed by atoms with E-state index < -0.39 is 0 Å². The van der Waals surface area contributed by atoms with E-state index in [0.29, 0.717) is 12.0 Å². The summed E-state index contributed by atoms with van der Waals surface area (Å²) >= 11 is 0. The second kappa shape index (κ2) is 6.57. The highest BCUT2D eigenvalue weighted by Gasteiger charge is 2.23. The number of aryl methyl sites for hydroxylation is 1. The fourth-order valence-corrected chi connectivity index (χ4v) is 2.01. The van der Waals surface area contributed by atoms with E-state index in [1.165, 1.54) is 24.8 Å². The Kier molecular flexibility index (Phi) is 5.37. The van der Waals surface area contributed by atoms with Crippen LogP contribution < -0.4 is 4.74 Å². The molecule has 0 amide bonds. The Morgan fingerprint density at radius 3 is 2.69 bits per heavy atom. The van der Waals surface area contributed by atoms with Crippen LogP contribution >= 0.6 is 0 Å². The molecule has 1 nitrogen and oxygen atoms in total. The molecule has 1 aliphatic rings. The Morgan fingerprint density at radius 2 is 2.00 bits per heavy atom. The van der Waals surface area contributed by atoms with Gasteiger partial charge in [-0.1, -0.05) is 52.3 Å². The summed E-state index contributed by atoms with van der Waals surface area (Å²) in [6, 6.07) is 8.40. The van der Waals surface area contributed by atoms with Crippen molar-refractivity contribution in [1.29, 1.82) is 0 Å². The topological polar surface area (TPSA) is 9.23 Å². The summed E-state index contributed by atoms with van der Waals surface area (Å²) in [4.78, 5) is 0. The zero-order valence-electron chi connectivity index (χ0n) is 11.0. The predicted octanol–water partition coefficient (Wildman–Crippen LogP) is 4.45. The summed E-state index contributed by atoms with van der Waals surface area (Å²) in [5.41, 5.74) is 1.37. The van der Waals surface area contributed by atoms with E-state index in [9.17, 15) is 0 Å². The molecule has 0 spiro atoms. The van der Waals surface area contributed by atoms with E-state index in [4.69, 9.17) is 4.74 Å². The normalized spacial score (nSPS) is 19.9. The molecule has 2 unspecified atom stereocenters. The molecule has 0 aliphatic carbocycles. The van der Waals surface area contributed by atoms with E-state index in [2.05, 4.69) is 38.1 Å². The lowest BCUT2D eigenvalue weighted by atomic mass is 9.93. The van der Waals surface area contributed by atoms with E-state index in [1.54, 1.807) is 0 Å². The number of fused-ring (bicyclic) bond motifs is 1. The van der Waals surface area contributed by atoms with Crippen LogP contribution in [0.25, 0.3) is 0 Å². The Morgan fingerprint density at radius 1 is 1.31 bits per heavy atom. The van der Waals surface area contributed by atoms with Gasteiger partial charge >= 0.3 is 0 Å². The fourth-order valence-electron chi connectivity index (χ4n) is 2.01. The molecular weight excluding hydrogens is 196 g/mol. The van der Waals surface area contributed by atoms with Crippen LogP contribution in [0.4, 0.5) is 0 Å². The highest BCUT2D eigenvalue weighted by Crippen LogP contribution is 2.30. The van der Waals surface area contributed by atoms with Crippen LogP contribution in [0.5, 0.6) is 5.75 Å². The first-order valence-corrected chi connectivity index (χ1v) is 6.56. The molecule has 0 aromatic heterocycles. The van der Waals surface area contributed by atoms with Gasteiger partial charge in [0.15, 0.2) is 0 Å². The molecule has 1 heterocycles. The summed E-state index contributed by atoms with van der Waals surface area (Å²) in [6.07, 6.45) is 3.97. The van der Waals surface area contributed by atoms with Crippen molar-refractivity contribution in [2.45, 2.75) is 53.1 Å². The van der Waals surface area contributed by atoms with Gasteiger partial charge in [0.1, 0.15) is 11.9 Å². The van der Waals surface area contributed by atoms with Crippen LogP contribution in [0.15, 0.2) is 24.3 Å². The van der Waals surface area contributed by atoms with Crippen LogP contribution in [0.2, 0.25) is 0 Å². The molecule has 1 aromatic rings. The van der Waals surface area contributed by atoms with Gasteiger partial charge in [0.2, 0.25) is 0 Å². The zero-order chi connectivity index (χ0) is 12.0. The first-order chi connectivity index (χ1) is 7.81. The second-order valence-electron chi connectivity index (χ2n) is 4.19. The van der Waals surface area contributed by atoms with Gasteiger partial charge in [0.05, 0.1) is 0 Å². The molecule has 1 heteroatoms. The third-order valence-corrected chi connectivity index (χ3v) is 3.23. The molecule has 0 bridgehead atoms. The predicted molar refractivity (Wildman–Crippen MR) is 70.0 cm³/mol. The van der Waals surface area contributed by atoms with Crippen molar-refractivity contribution in [1.82, 2.24) is 0 Å². The SMILES string of the molecule is CC.CCC(C)C1CCc2ccccc2O1. The molecule has 2 atom stereocenters. The Balaban J connectivity index is 0.000000606. The summed E-state index contributed by atoms with van der Waals surface area (Å²) in [5.74, 6) is 1.77. The van der Waals surface area contributed by atoms with Crippen molar-refractivity contribution in [3.8, 4) is 5.75 Å². The summed E-state index contributed by atoms with van der Waals surface area (Å²) in [7, 11) is 0. The van der Waals surface area contributed by atoms with Crippen molar-refractivity contribution in [3.63, 3.8) is 0 Å². The van der Waals surface area contributed by atoms with E-state index in [0.717, 1.165) is 5.75 Å². The number of benzene rings is 1. The van der Waals surface area contributed by atoms with E-state index in [-0.39, 0.29) is 0 Å². The maximum absolute atomic E-state index is 5.98. The molecule has 90 valence electrons. The maximum Gasteiger partial charge on any atom is 0.122 e. The molecular formula is C15H24O. The maximum atomic E-state index is 5.98. The zero-order valence-corrected chi connectivity index (χ0v) is 11.0. The van der Waals surface area contributed by atoms with E-state index in [1.807, 2.05) is 13.8 Å². The van der Waals surface area contributed by atoms with Crippen molar-refractivity contribution >= 4 is 0 Å². The minimum atomic E-state index is 0.426. The van der Waals surface area contributed by atoms with Crippen LogP contribution in [-0.2, 0) is 6.42 Å². The van der Waals surface area contributed by atoms with Crippen molar-refractivity contribution in [2.75, 3.05) is 0 Å². The molecule has 0 fully saturated rings. The largest absolute Gasteiger partial charge is 0.490 e. The van der Waals surface area contributed by atoms with Crippen LogP contribution in [0.3, 0.4) is 0 Å². The summed E-state index contributed by atoms with van der Waals surface area (Å²) in [5, 5.41) is 0. The quantitative estimate of drug-likeness (QED) is 0.715. The van der Waals surface area contributed by atoms with Gasteiger partial charge in [-0.2, -0.15) is 0 Å². The molecule has 0 saturated carbocycles. The molecule has 0 N–H and O–H groups in total. The highest BCUT2D eigenvalue weighted by molar-refractivity contribution is 5.35. The number of ether oxygens (including phenoxy) is 1. The highest BCUT2D eigenvalue weighted by atomic mass is 16.5. The van der Waals surface area contributed by atoms with Crippen molar-refractivity contribution in [2.24, 2.45) is 5.92 Å². The average molecular weight is 220 g/mol. The number of hydrogen-bond acceptors (Lipinski definition) is 1. The van der Waals surface area contributed by atoms with Crippen LogP contribution in [0, 0.1) is 5.92 Å². The minimum Gasteiger partial charge on any atom is -0.490 e. The standard InChI is InChI=1S/C13H18O.C2H6/c1-3-10(2)12-9-8-11-6-4-5-7-13(11)14-12;1-2/h4-7,10,12H,3,8-9H2,1-2H3;1-2H3. The fraction of sp³-hybridized carbons (Fsp3) is 0.600. The summed E-state index contributed by atoms with van der Waals surface area (Å²) < 4.78 is 5.98. The summed E-state index contributed by atoms with van der Waals surface area (Å²) in [6.45, 7) is 8.51. The molecule has 2 rings (SSSR count). The van der Waals surface area contributed by atoms with Gasteiger partial charge in [0, 0.05) is 0 Å². The number of para-hydroxylation sites is 1. The van der Waals surface area contributed by atoms with Crippen molar-refractivity contribution in [3.05, 3.63) is 29.8 Å². The molecule has 1 aliphatic heterocycles. The van der Waals surface area contributed by atoms with Gasteiger partial charge in [0.25, 0.3) is 0 Å². The third-order valence-electron chi connectivity index (χ3n) is 3.23. The lowest BCUT2D eigenvalue weighted by Gasteiger charge is -2.29. The van der Waals surface area contributed by atoms with Gasteiger partial charge in [-0.15, -0.1) is 0 Å². The lowest BCUT2D eigenvalue weighted by molar-refractivity contribution is 0.116. The third kappa shape index (κ3) is 3.01.